The molecule has 0 aliphatic carbocycles. The second kappa shape index (κ2) is 9.55. The van der Waals surface area contributed by atoms with Crippen LogP contribution in [0.15, 0.2) is 34.6 Å². The number of likely N-dealkylation sites (tertiary alicyclic amines) is 1. The van der Waals surface area contributed by atoms with Crippen LogP contribution in [0, 0.1) is 11.8 Å². The maximum absolute atomic E-state index is 5.91. The van der Waals surface area contributed by atoms with Gasteiger partial charge in [0.05, 0.1) is 0 Å². The third-order valence-corrected chi connectivity index (χ3v) is 5.97. The highest BCUT2D eigenvalue weighted by molar-refractivity contribution is 5.81. The normalized spacial score (nSPS) is 23.9. The molecule has 0 bridgehead atoms. The van der Waals surface area contributed by atoms with Crippen LogP contribution in [0.3, 0.4) is 0 Å². The molecule has 154 valence electrons. The number of aromatic nitrogens is 1. The molecule has 0 amide bonds. The third-order valence-electron chi connectivity index (χ3n) is 5.97. The Balaban J connectivity index is 1.41. The van der Waals surface area contributed by atoms with Crippen molar-refractivity contribution in [2.24, 2.45) is 16.8 Å². The van der Waals surface area contributed by atoms with Crippen molar-refractivity contribution in [3.63, 3.8) is 0 Å². The van der Waals surface area contributed by atoms with Gasteiger partial charge >= 0.3 is 0 Å². The zero-order chi connectivity index (χ0) is 20.1. The van der Waals surface area contributed by atoms with Crippen molar-refractivity contribution in [3.05, 3.63) is 35.2 Å². The van der Waals surface area contributed by atoms with Gasteiger partial charge in [-0.25, -0.2) is 4.98 Å². The number of pyridine rings is 1. The Morgan fingerprint density at radius 3 is 2.89 bits per heavy atom. The molecular formula is C23H36N4O. The van der Waals surface area contributed by atoms with Crippen molar-refractivity contribution in [1.82, 2.24) is 15.2 Å². The highest BCUT2D eigenvalue weighted by atomic mass is 16.5. The first-order valence-electron chi connectivity index (χ1n) is 10.7. The Morgan fingerprint density at radius 2 is 2.14 bits per heavy atom. The van der Waals surface area contributed by atoms with E-state index < -0.39 is 0 Å². The summed E-state index contributed by atoms with van der Waals surface area (Å²) in [4.78, 5) is 11.4. The number of nitrogens with zero attached hydrogens (tertiary/aromatic N) is 3. The second-order valence-corrected chi connectivity index (χ2v) is 8.70. The van der Waals surface area contributed by atoms with E-state index in [1.54, 1.807) is 0 Å². The molecular weight excluding hydrogens is 348 g/mol. The van der Waals surface area contributed by atoms with Gasteiger partial charge in [0.25, 0.3) is 0 Å². The molecule has 5 heteroatoms. The van der Waals surface area contributed by atoms with Crippen LogP contribution in [0.4, 0.5) is 0 Å². The Hall–Kier alpha value is -1.88. The molecule has 3 unspecified atom stereocenters. The number of hydrogen-bond acceptors (Lipinski definition) is 5. The molecule has 0 saturated carbocycles. The molecule has 3 rings (SSSR count). The lowest BCUT2D eigenvalue weighted by Crippen LogP contribution is -2.29. The number of allylic oxidation sites excluding steroid dienone is 2. The van der Waals surface area contributed by atoms with Crippen molar-refractivity contribution < 1.29 is 4.74 Å². The summed E-state index contributed by atoms with van der Waals surface area (Å²) < 4.78 is 5.91. The molecule has 1 aromatic heterocycles. The summed E-state index contributed by atoms with van der Waals surface area (Å²) in [5.41, 5.74) is 3.94. The van der Waals surface area contributed by atoms with Crippen LogP contribution >= 0.6 is 0 Å². The fraction of sp³-hybridized carbons (Fsp3) is 0.652. The molecule has 0 aromatic carbocycles. The molecule has 1 N–H and O–H groups in total. The second-order valence-electron chi connectivity index (χ2n) is 8.70. The van der Waals surface area contributed by atoms with Gasteiger partial charge in [0.1, 0.15) is 12.8 Å². The van der Waals surface area contributed by atoms with E-state index >= 15 is 0 Å². The number of rotatable bonds is 8. The number of hydrogen-bond donors (Lipinski definition) is 1. The standard InChI is InChI=1S/C23H36N4O/c1-16(2)21-6-8-24-23(13-21)28-11-10-27-9-7-20(15-27)12-17(3)22-14-25-19(5)26-18(22)4/h6,8,13-14,16-17,19-20,26H,7,9-12,15H2,1-5H3. The van der Waals surface area contributed by atoms with Gasteiger partial charge in [-0.2, -0.15) is 0 Å². The van der Waals surface area contributed by atoms with Crippen molar-refractivity contribution in [3.8, 4) is 5.88 Å². The summed E-state index contributed by atoms with van der Waals surface area (Å²) in [6, 6.07) is 4.13. The maximum atomic E-state index is 5.91. The van der Waals surface area contributed by atoms with Crippen LogP contribution in [0.2, 0.25) is 0 Å². The molecule has 3 heterocycles. The van der Waals surface area contributed by atoms with Gasteiger partial charge in [-0.15, -0.1) is 0 Å². The molecule has 2 aliphatic rings. The monoisotopic (exact) mass is 384 g/mol. The van der Waals surface area contributed by atoms with Gasteiger partial charge < -0.3 is 10.1 Å². The van der Waals surface area contributed by atoms with Gasteiger partial charge in [-0.05, 0) is 68.2 Å². The predicted octanol–water partition coefficient (Wildman–Crippen LogP) is 4.23. The van der Waals surface area contributed by atoms with Crippen LogP contribution in [0.25, 0.3) is 0 Å². The van der Waals surface area contributed by atoms with Crippen molar-refractivity contribution in [2.75, 3.05) is 26.2 Å². The Labute approximate surface area is 170 Å². The number of nitrogens with one attached hydrogen (secondary N) is 1. The predicted molar refractivity (Wildman–Crippen MR) is 116 cm³/mol. The highest BCUT2D eigenvalue weighted by Crippen LogP contribution is 2.28. The summed E-state index contributed by atoms with van der Waals surface area (Å²) in [5.74, 6) is 2.55. The van der Waals surface area contributed by atoms with E-state index in [0.29, 0.717) is 18.4 Å². The first-order valence-corrected chi connectivity index (χ1v) is 10.7. The van der Waals surface area contributed by atoms with Gasteiger partial charge in [0.15, 0.2) is 0 Å². The summed E-state index contributed by atoms with van der Waals surface area (Å²) in [5, 5.41) is 3.45. The van der Waals surface area contributed by atoms with Gasteiger partial charge in [0.2, 0.25) is 5.88 Å². The molecule has 0 radical (unpaired) electrons. The SMILES string of the molecule is CC1=C(C(C)CC2CCN(CCOc3cc(C(C)C)ccn3)C2)C=NC(C)N1. The Morgan fingerprint density at radius 1 is 1.32 bits per heavy atom. The zero-order valence-corrected chi connectivity index (χ0v) is 18.1. The molecule has 1 fully saturated rings. The minimum Gasteiger partial charge on any atom is -0.476 e. The summed E-state index contributed by atoms with van der Waals surface area (Å²) in [6.45, 7) is 15.0. The highest BCUT2D eigenvalue weighted by Gasteiger charge is 2.26. The largest absolute Gasteiger partial charge is 0.476 e. The summed E-state index contributed by atoms with van der Waals surface area (Å²) in [6.07, 6.45) is 6.63. The van der Waals surface area contributed by atoms with Crippen LogP contribution in [-0.4, -0.2) is 48.5 Å². The minimum absolute atomic E-state index is 0.202. The van der Waals surface area contributed by atoms with Gasteiger partial charge in [-0.3, -0.25) is 9.89 Å². The van der Waals surface area contributed by atoms with Crippen LogP contribution in [-0.2, 0) is 0 Å². The van der Waals surface area contributed by atoms with Crippen LogP contribution < -0.4 is 10.1 Å². The van der Waals surface area contributed by atoms with Crippen LogP contribution in [0.5, 0.6) is 5.88 Å². The Kier molecular flexibility index (Phi) is 7.11. The van der Waals surface area contributed by atoms with Gasteiger partial charge in [-0.1, -0.05) is 20.8 Å². The number of aliphatic imine (C=N–C) groups is 1. The average molecular weight is 385 g/mol. The van der Waals surface area contributed by atoms with Crippen molar-refractivity contribution >= 4 is 6.21 Å². The Bertz CT molecular complexity index is 712. The lowest BCUT2D eigenvalue weighted by molar-refractivity contribution is 0.225. The molecule has 5 nitrogen and oxygen atoms in total. The smallest absolute Gasteiger partial charge is 0.213 e. The third kappa shape index (κ3) is 5.57. The average Bonchev–Trinajstić information content (AvgIpc) is 3.09. The van der Waals surface area contributed by atoms with Gasteiger partial charge in [0, 0.05) is 37.3 Å². The van der Waals surface area contributed by atoms with E-state index in [1.165, 1.54) is 42.8 Å². The topological polar surface area (TPSA) is 49.8 Å². The molecule has 0 spiro atoms. The fourth-order valence-corrected chi connectivity index (χ4v) is 4.30. The maximum Gasteiger partial charge on any atom is 0.213 e. The molecule has 2 aliphatic heterocycles. The molecule has 3 atom stereocenters. The summed E-state index contributed by atoms with van der Waals surface area (Å²) >= 11 is 0. The molecule has 28 heavy (non-hydrogen) atoms. The van der Waals surface area contributed by atoms with E-state index in [0.717, 1.165) is 18.3 Å². The van der Waals surface area contributed by atoms with Crippen molar-refractivity contribution in [1.29, 1.82) is 0 Å². The quantitative estimate of drug-likeness (QED) is 0.729. The van der Waals surface area contributed by atoms with Crippen LogP contribution in [0.1, 0.15) is 58.9 Å². The summed E-state index contributed by atoms with van der Waals surface area (Å²) in [7, 11) is 0. The van der Waals surface area contributed by atoms with E-state index in [4.69, 9.17) is 4.74 Å². The number of ether oxygens (including phenoxy) is 1. The lowest BCUT2D eigenvalue weighted by atomic mass is 9.88. The van der Waals surface area contributed by atoms with E-state index in [2.05, 4.69) is 73.2 Å². The lowest BCUT2D eigenvalue weighted by Gasteiger charge is -2.25. The van der Waals surface area contributed by atoms with E-state index in [1.807, 2.05) is 6.20 Å². The zero-order valence-electron chi connectivity index (χ0n) is 18.1. The fourth-order valence-electron chi connectivity index (χ4n) is 4.30. The minimum atomic E-state index is 0.202. The first-order chi connectivity index (χ1) is 13.4. The molecule has 1 aromatic rings. The van der Waals surface area contributed by atoms with Crippen molar-refractivity contribution in [2.45, 2.75) is 59.5 Å². The first kappa shape index (κ1) is 20.8. The molecule has 1 saturated heterocycles. The van der Waals surface area contributed by atoms with E-state index in [9.17, 15) is 0 Å². The van der Waals surface area contributed by atoms with E-state index in [-0.39, 0.29) is 6.17 Å².